The van der Waals surface area contributed by atoms with E-state index < -0.39 is 6.23 Å². The van der Waals surface area contributed by atoms with Gasteiger partial charge in [0.25, 0.3) is 0 Å². The molecule has 3 nitrogen and oxygen atoms in total. The topological polar surface area (TPSA) is 38.3 Å². The third-order valence-electron chi connectivity index (χ3n) is 2.13. The summed E-state index contributed by atoms with van der Waals surface area (Å²) in [6.07, 6.45) is 0.341. The first-order valence-electron chi connectivity index (χ1n) is 4.28. The van der Waals surface area contributed by atoms with Gasteiger partial charge in [0.1, 0.15) is 0 Å². The van der Waals surface area contributed by atoms with Crippen LogP contribution >= 0.6 is 0 Å². The van der Waals surface area contributed by atoms with E-state index in [1.165, 1.54) is 0 Å². The van der Waals surface area contributed by atoms with Crippen LogP contribution in [0.25, 0.3) is 0 Å². The highest BCUT2D eigenvalue weighted by Crippen LogP contribution is 2.18. The van der Waals surface area contributed by atoms with E-state index in [0.29, 0.717) is 6.61 Å². The standard InChI is InChI=1S/C10H11NO2/c12-6-10-11-9(7-13-10)8-4-2-1-3-5-8/h1-6,9-11H,7H2/t9-,10?/m1/s1. The molecule has 0 spiro atoms. The van der Waals surface area contributed by atoms with Crippen LogP contribution < -0.4 is 5.32 Å². The second kappa shape index (κ2) is 3.68. The van der Waals surface area contributed by atoms with Crippen LogP contribution in [0.4, 0.5) is 0 Å². The maximum atomic E-state index is 10.4. The van der Waals surface area contributed by atoms with E-state index in [1.807, 2.05) is 30.3 Å². The third-order valence-corrected chi connectivity index (χ3v) is 2.13. The molecule has 2 rings (SSSR count). The fourth-order valence-corrected chi connectivity index (χ4v) is 1.45. The van der Waals surface area contributed by atoms with E-state index in [4.69, 9.17) is 4.74 Å². The molecule has 1 N–H and O–H groups in total. The Morgan fingerprint density at radius 2 is 2.15 bits per heavy atom. The maximum Gasteiger partial charge on any atom is 0.165 e. The van der Waals surface area contributed by atoms with Gasteiger partial charge in [-0.3, -0.25) is 10.1 Å². The molecule has 0 aliphatic carbocycles. The molecule has 1 saturated heterocycles. The summed E-state index contributed by atoms with van der Waals surface area (Å²) in [4.78, 5) is 10.4. The molecular formula is C10H11NO2. The average Bonchev–Trinajstić information content (AvgIpc) is 2.67. The lowest BCUT2D eigenvalue weighted by molar-refractivity contribution is -0.116. The molecule has 2 atom stereocenters. The van der Waals surface area contributed by atoms with Gasteiger partial charge < -0.3 is 4.74 Å². The van der Waals surface area contributed by atoms with Gasteiger partial charge in [-0.05, 0) is 5.56 Å². The molecule has 1 heterocycles. The van der Waals surface area contributed by atoms with Crippen LogP contribution in [-0.4, -0.2) is 19.1 Å². The molecular weight excluding hydrogens is 166 g/mol. The summed E-state index contributed by atoms with van der Waals surface area (Å²) in [5.74, 6) is 0. The first-order chi connectivity index (χ1) is 6.40. The van der Waals surface area contributed by atoms with Crippen molar-refractivity contribution in [1.82, 2.24) is 5.32 Å². The van der Waals surface area contributed by atoms with Gasteiger partial charge in [-0.1, -0.05) is 30.3 Å². The highest BCUT2D eigenvalue weighted by molar-refractivity contribution is 5.56. The summed E-state index contributed by atoms with van der Waals surface area (Å²) in [7, 11) is 0. The van der Waals surface area contributed by atoms with Crippen molar-refractivity contribution in [3.63, 3.8) is 0 Å². The number of ether oxygens (including phenoxy) is 1. The zero-order valence-electron chi connectivity index (χ0n) is 7.14. The van der Waals surface area contributed by atoms with Crippen molar-refractivity contribution in [2.45, 2.75) is 12.3 Å². The normalized spacial score (nSPS) is 27.4. The largest absolute Gasteiger partial charge is 0.354 e. The van der Waals surface area contributed by atoms with Crippen LogP contribution in [0.5, 0.6) is 0 Å². The summed E-state index contributed by atoms with van der Waals surface area (Å²) in [6, 6.07) is 10.1. The van der Waals surface area contributed by atoms with Crippen molar-refractivity contribution in [3.05, 3.63) is 35.9 Å². The highest BCUT2D eigenvalue weighted by atomic mass is 16.5. The van der Waals surface area contributed by atoms with Crippen LogP contribution in [-0.2, 0) is 9.53 Å². The zero-order chi connectivity index (χ0) is 9.10. The van der Waals surface area contributed by atoms with Gasteiger partial charge in [0.15, 0.2) is 12.5 Å². The Morgan fingerprint density at radius 3 is 2.77 bits per heavy atom. The molecule has 0 aromatic heterocycles. The number of rotatable bonds is 2. The lowest BCUT2D eigenvalue weighted by Gasteiger charge is -2.08. The van der Waals surface area contributed by atoms with Crippen molar-refractivity contribution >= 4 is 6.29 Å². The number of aldehydes is 1. The van der Waals surface area contributed by atoms with E-state index in [0.717, 1.165) is 11.8 Å². The second-order valence-electron chi connectivity index (χ2n) is 3.02. The second-order valence-corrected chi connectivity index (χ2v) is 3.02. The van der Waals surface area contributed by atoms with Crippen LogP contribution in [0.3, 0.4) is 0 Å². The lowest BCUT2D eigenvalue weighted by atomic mass is 10.1. The SMILES string of the molecule is O=CC1N[C@@H](c2ccccc2)CO1. The molecule has 3 heteroatoms. The number of nitrogens with one attached hydrogen (secondary N) is 1. The maximum absolute atomic E-state index is 10.4. The Bertz CT molecular complexity index is 286. The van der Waals surface area contributed by atoms with E-state index in [1.54, 1.807) is 0 Å². The fraction of sp³-hybridized carbons (Fsp3) is 0.300. The number of benzene rings is 1. The highest BCUT2D eigenvalue weighted by Gasteiger charge is 2.24. The first kappa shape index (κ1) is 8.41. The van der Waals surface area contributed by atoms with Gasteiger partial charge in [0, 0.05) is 0 Å². The molecule has 1 unspecified atom stereocenters. The Hall–Kier alpha value is -1.19. The monoisotopic (exact) mass is 177 g/mol. The van der Waals surface area contributed by atoms with Gasteiger partial charge in [-0.25, -0.2) is 0 Å². The van der Waals surface area contributed by atoms with E-state index >= 15 is 0 Å². The predicted octanol–water partition coefficient (Wildman–Crippen LogP) is 0.873. The molecule has 68 valence electrons. The quantitative estimate of drug-likeness (QED) is 0.681. The predicted molar refractivity (Wildman–Crippen MR) is 48.1 cm³/mol. The van der Waals surface area contributed by atoms with Gasteiger partial charge in [0.05, 0.1) is 12.6 Å². The van der Waals surface area contributed by atoms with E-state index in [9.17, 15) is 4.79 Å². The van der Waals surface area contributed by atoms with Gasteiger partial charge in [0.2, 0.25) is 0 Å². The third kappa shape index (κ3) is 1.76. The Morgan fingerprint density at radius 1 is 1.38 bits per heavy atom. The summed E-state index contributed by atoms with van der Waals surface area (Å²) >= 11 is 0. The number of carbonyl (C=O) groups is 1. The van der Waals surface area contributed by atoms with Crippen LogP contribution in [0.1, 0.15) is 11.6 Å². The van der Waals surface area contributed by atoms with Crippen molar-refractivity contribution in [2.24, 2.45) is 0 Å². The number of carbonyl (C=O) groups excluding carboxylic acids is 1. The molecule has 0 amide bonds. The summed E-state index contributed by atoms with van der Waals surface area (Å²) in [6.45, 7) is 0.563. The molecule has 0 radical (unpaired) electrons. The lowest BCUT2D eigenvalue weighted by Crippen LogP contribution is -2.26. The van der Waals surface area contributed by atoms with Crippen molar-refractivity contribution in [1.29, 1.82) is 0 Å². The average molecular weight is 177 g/mol. The first-order valence-corrected chi connectivity index (χ1v) is 4.28. The summed E-state index contributed by atoms with van der Waals surface area (Å²) < 4.78 is 5.19. The van der Waals surface area contributed by atoms with E-state index in [2.05, 4.69) is 5.32 Å². The summed E-state index contributed by atoms with van der Waals surface area (Å²) in [5.41, 5.74) is 1.16. The number of hydrogen-bond donors (Lipinski definition) is 1. The van der Waals surface area contributed by atoms with E-state index in [-0.39, 0.29) is 6.04 Å². The van der Waals surface area contributed by atoms with Crippen LogP contribution in [0, 0.1) is 0 Å². The van der Waals surface area contributed by atoms with Crippen molar-refractivity contribution < 1.29 is 9.53 Å². The van der Waals surface area contributed by atoms with Gasteiger partial charge >= 0.3 is 0 Å². The fourth-order valence-electron chi connectivity index (χ4n) is 1.45. The Labute approximate surface area is 76.7 Å². The van der Waals surface area contributed by atoms with Crippen LogP contribution in [0.15, 0.2) is 30.3 Å². The molecule has 1 fully saturated rings. The Kier molecular flexibility index (Phi) is 2.38. The smallest absolute Gasteiger partial charge is 0.165 e. The summed E-state index contributed by atoms with van der Waals surface area (Å²) in [5, 5.41) is 3.07. The van der Waals surface area contributed by atoms with Crippen molar-refractivity contribution in [3.8, 4) is 0 Å². The molecule has 1 aromatic carbocycles. The molecule has 0 saturated carbocycles. The molecule has 1 aliphatic heterocycles. The minimum absolute atomic E-state index is 0.149. The molecule has 0 bridgehead atoms. The van der Waals surface area contributed by atoms with Gasteiger partial charge in [-0.15, -0.1) is 0 Å². The minimum atomic E-state index is -0.440. The molecule has 13 heavy (non-hydrogen) atoms. The van der Waals surface area contributed by atoms with Crippen molar-refractivity contribution in [2.75, 3.05) is 6.61 Å². The van der Waals surface area contributed by atoms with Gasteiger partial charge in [-0.2, -0.15) is 0 Å². The zero-order valence-corrected chi connectivity index (χ0v) is 7.14. The minimum Gasteiger partial charge on any atom is -0.354 e. The molecule has 1 aliphatic rings. The molecule has 1 aromatic rings. The van der Waals surface area contributed by atoms with Crippen LogP contribution in [0.2, 0.25) is 0 Å². The Balaban J connectivity index is 2.08. The number of hydrogen-bond acceptors (Lipinski definition) is 3.